The Morgan fingerprint density at radius 2 is 1.93 bits per heavy atom. The van der Waals surface area contributed by atoms with E-state index < -0.39 is 17.9 Å². The highest BCUT2D eigenvalue weighted by Gasteiger charge is 2.42. The predicted octanol–water partition coefficient (Wildman–Crippen LogP) is 0.292. The van der Waals surface area contributed by atoms with Gasteiger partial charge in [-0.2, -0.15) is 0 Å². The maximum Gasteiger partial charge on any atom is 0.320 e. The van der Waals surface area contributed by atoms with Crippen LogP contribution >= 0.6 is 0 Å². The van der Waals surface area contributed by atoms with Crippen LogP contribution in [0.2, 0.25) is 0 Å². The molecule has 0 spiro atoms. The van der Waals surface area contributed by atoms with E-state index in [0.717, 1.165) is 0 Å². The monoisotopic (exact) mass is 214 g/mol. The van der Waals surface area contributed by atoms with E-state index in [9.17, 15) is 9.59 Å². The van der Waals surface area contributed by atoms with E-state index in [1.54, 1.807) is 6.08 Å². The molecular weight excluding hydrogens is 200 g/mol. The van der Waals surface area contributed by atoms with Gasteiger partial charge in [-0.15, -0.1) is 6.58 Å². The number of epoxide rings is 1. The van der Waals surface area contributed by atoms with Crippen molar-refractivity contribution >= 4 is 11.9 Å². The van der Waals surface area contributed by atoms with E-state index in [1.165, 1.54) is 14.2 Å². The molecule has 1 aliphatic heterocycles. The summed E-state index contributed by atoms with van der Waals surface area (Å²) >= 11 is 0. The van der Waals surface area contributed by atoms with E-state index in [-0.39, 0.29) is 18.6 Å². The SMILES string of the molecule is C=C[C@H]1O[C@@H]1CC(C(=O)OC)C(=O)OC. The molecule has 0 bridgehead atoms. The number of hydrogen-bond acceptors (Lipinski definition) is 5. The van der Waals surface area contributed by atoms with E-state index in [1.807, 2.05) is 0 Å². The summed E-state index contributed by atoms with van der Waals surface area (Å²) < 4.78 is 14.2. The van der Waals surface area contributed by atoms with Crippen molar-refractivity contribution in [3.63, 3.8) is 0 Å². The van der Waals surface area contributed by atoms with Gasteiger partial charge >= 0.3 is 11.9 Å². The molecule has 5 nitrogen and oxygen atoms in total. The fourth-order valence-corrected chi connectivity index (χ4v) is 1.36. The molecule has 84 valence electrons. The second-order valence-corrected chi connectivity index (χ2v) is 3.21. The Labute approximate surface area is 88.0 Å². The van der Waals surface area contributed by atoms with E-state index in [4.69, 9.17) is 4.74 Å². The third-order valence-corrected chi connectivity index (χ3v) is 2.29. The van der Waals surface area contributed by atoms with Crippen molar-refractivity contribution in [3.05, 3.63) is 12.7 Å². The Kier molecular flexibility index (Phi) is 3.85. The number of ether oxygens (including phenoxy) is 3. The Balaban J connectivity index is 2.54. The Morgan fingerprint density at radius 1 is 1.40 bits per heavy atom. The van der Waals surface area contributed by atoms with E-state index in [0.29, 0.717) is 0 Å². The maximum absolute atomic E-state index is 11.3. The second-order valence-electron chi connectivity index (χ2n) is 3.21. The summed E-state index contributed by atoms with van der Waals surface area (Å²) in [6.07, 6.45) is 1.71. The highest BCUT2D eigenvalue weighted by atomic mass is 16.6. The maximum atomic E-state index is 11.3. The van der Waals surface area contributed by atoms with Crippen LogP contribution < -0.4 is 0 Å². The lowest BCUT2D eigenvalue weighted by Gasteiger charge is -2.10. The summed E-state index contributed by atoms with van der Waals surface area (Å²) in [5, 5.41) is 0. The quantitative estimate of drug-likeness (QED) is 0.285. The number of rotatable bonds is 5. The molecule has 0 aromatic heterocycles. The Morgan fingerprint density at radius 3 is 2.27 bits per heavy atom. The molecule has 1 aliphatic rings. The molecule has 0 aliphatic carbocycles. The third kappa shape index (κ3) is 2.79. The first-order valence-electron chi connectivity index (χ1n) is 4.57. The van der Waals surface area contributed by atoms with Crippen molar-refractivity contribution in [2.24, 2.45) is 5.92 Å². The zero-order valence-electron chi connectivity index (χ0n) is 8.76. The van der Waals surface area contributed by atoms with Gasteiger partial charge in [0.05, 0.1) is 20.3 Å². The van der Waals surface area contributed by atoms with Gasteiger partial charge in [0.1, 0.15) is 6.10 Å². The lowest BCUT2D eigenvalue weighted by atomic mass is 10.0. The standard InChI is InChI=1S/C10H14O5/c1-4-7-8(15-7)5-6(9(11)13-2)10(12)14-3/h4,6-8H,1,5H2,2-3H3/t7-,8-/m1/s1. The van der Waals surface area contributed by atoms with E-state index in [2.05, 4.69) is 16.1 Å². The molecule has 1 fully saturated rings. The van der Waals surface area contributed by atoms with Gasteiger partial charge in [-0.3, -0.25) is 9.59 Å². The first-order valence-corrected chi connectivity index (χ1v) is 4.57. The van der Waals surface area contributed by atoms with Gasteiger partial charge in [-0.1, -0.05) is 6.08 Å². The van der Waals surface area contributed by atoms with Crippen LogP contribution in [0.4, 0.5) is 0 Å². The van der Waals surface area contributed by atoms with Gasteiger partial charge in [0.25, 0.3) is 0 Å². The molecule has 1 heterocycles. The lowest BCUT2D eigenvalue weighted by molar-refractivity contribution is -0.159. The van der Waals surface area contributed by atoms with Crippen molar-refractivity contribution in [2.45, 2.75) is 18.6 Å². The minimum atomic E-state index is -0.907. The Hall–Kier alpha value is -1.36. The lowest BCUT2D eigenvalue weighted by Crippen LogP contribution is -2.28. The summed E-state index contributed by atoms with van der Waals surface area (Å²) in [4.78, 5) is 22.5. The number of hydrogen-bond donors (Lipinski definition) is 0. The molecule has 1 rings (SSSR count). The average molecular weight is 214 g/mol. The molecule has 0 aromatic rings. The van der Waals surface area contributed by atoms with Gasteiger partial charge in [0.15, 0.2) is 5.92 Å². The highest BCUT2D eigenvalue weighted by Crippen LogP contribution is 2.30. The summed E-state index contributed by atoms with van der Waals surface area (Å²) in [5.74, 6) is -2.10. The number of carbonyl (C=O) groups excluding carboxylic acids is 2. The van der Waals surface area contributed by atoms with Crippen LogP contribution in [0, 0.1) is 5.92 Å². The van der Waals surface area contributed by atoms with Crippen molar-refractivity contribution in [2.75, 3.05) is 14.2 Å². The van der Waals surface area contributed by atoms with Crippen LogP contribution in [0.5, 0.6) is 0 Å². The fraction of sp³-hybridized carbons (Fsp3) is 0.600. The van der Waals surface area contributed by atoms with Crippen LogP contribution in [0.3, 0.4) is 0 Å². The van der Waals surface area contributed by atoms with Gasteiger partial charge in [0.2, 0.25) is 0 Å². The van der Waals surface area contributed by atoms with Crippen LogP contribution in [-0.4, -0.2) is 38.4 Å². The molecule has 5 heteroatoms. The predicted molar refractivity (Wildman–Crippen MR) is 51.0 cm³/mol. The first kappa shape index (κ1) is 11.7. The largest absolute Gasteiger partial charge is 0.468 e. The van der Waals surface area contributed by atoms with Gasteiger partial charge in [-0.25, -0.2) is 0 Å². The zero-order chi connectivity index (χ0) is 11.4. The van der Waals surface area contributed by atoms with Crippen LogP contribution in [0.25, 0.3) is 0 Å². The number of carbonyl (C=O) groups is 2. The van der Waals surface area contributed by atoms with Crippen LogP contribution in [-0.2, 0) is 23.8 Å². The molecule has 0 radical (unpaired) electrons. The summed E-state index contributed by atoms with van der Waals surface area (Å²) in [6, 6.07) is 0. The number of esters is 2. The number of methoxy groups -OCH3 is 2. The normalized spacial score (nSPS) is 23.4. The summed E-state index contributed by atoms with van der Waals surface area (Å²) in [6.45, 7) is 3.55. The molecule has 1 saturated heterocycles. The van der Waals surface area contributed by atoms with Gasteiger partial charge in [0, 0.05) is 6.42 Å². The first-order chi connectivity index (χ1) is 7.13. The third-order valence-electron chi connectivity index (χ3n) is 2.29. The molecule has 0 N–H and O–H groups in total. The molecule has 0 saturated carbocycles. The van der Waals surface area contributed by atoms with Crippen LogP contribution in [0.15, 0.2) is 12.7 Å². The van der Waals surface area contributed by atoms with Crippen molar-refractivity contribution in [1.82, 2.24) is 0 Å². The summed E-state index contributed by atoms with van der Waals surface area (Å²) in [7, 11) is 2.47. The van der Waals surface area contributed by atoms with Gasteiger partial charge < -0.3 is 14.2 Å². The molecule has 0 aromatic carbocycles. The van der Waals surface area contributed by atoms with Crippen molar-refractivity contribution in [1.29, 1.82) is 0 Å². The summed E-state index contributed by atoms with van der Waals surface area (Å²) in [5.41, 5.74) is 0. The van der Waals surface area contributed by atoms with E-state index >= 15 is 0 Å². The minimum Gasteiger partial charge on any atom is -0.468 e. The van der Waals surface area contributed by atoms with Crippen molar-refractivity contribution < 1.29 is 23.8 Å². The van der Waals surface area contributed by atoms with Gasteiger partial charge in [-0.05, 0) is 0 Å². The van der Waals surface area contributed by atoms with Crippen molar-refractivity contribution in [3.8, 4) is 0 Å². The highest BCUT2D eigenvalue weighted by molar-refractivity contribution is 5.94. The molecule has 0 amide bonds. The smallest absolute Gasteiger partial charge is 0.320 e. The Bertz CT molecular complexity index is 257. The minimum absolute atomic E-state index is 0.0678. The molecular formula is C10H14O5. The fourth-order valence-electron chi connectivity index (χ4n) is 1.36. The van der Waals surface area contributed by atoms with Crippen LogP contribution in [0.1, 0.15) is 6.42 Å². The zero-order valence-corrected chi connectivity index (χ0v) is 8.76. The molecule has 2 atom stereocenters. The molecule has 0 unspecified atom stereocenters. The second kappa shape index (κ2) is 4.93. The molecule has 15 heavy (non-hydrogen) atoms. The average Bonchev–Trinajstić information content (AvgIpc) is 3.02. The topological polar surface area (TPSA) is 65.1 Å².